The van der Waals surface area contributed by atoms with Crippen LogP contribution >= 0.6 is 0 Å². The SMILES string of the molecule is CCN1CCC[C@@H](n2c(-c3cccc(C=CC(=O)NO)c3)nc(C)c2C)C1. The van der Waals surface area contributed by atoms with Gasteiger partial charge in [0.15, 0.2) is 0 Å². The molecule has 0 unspecified atom stereocenters. The molecule has 1 saturated heterocycles. The molecule has 1 aliphatic rings. The third-order valence-electron chi connectivity index (χ3n) is 5.36. The van der Waals surface area contributed by atoms with Gasteiger partial charge in [-0.2, -0.15) is 0 Å². The molecule has 0 radical (unpaired) electrons. The molecule has 1 aromatic heterocycles. The Balaban J connectivity index is 1.97. The summed E-state index contributed by atoms with van der Waals surface area (Å²) in [6.45, 7) is 9.72. The molecule has 2 heterocycles. The minimum absolute atomic E-state index is 0.425. The number of likely N-dealkylation sites (tertiary alicyclic amines) is 1. The predicted octanol–water partition coefficient (Wildman–Crippen LogP) is 3.34. The monoisotopic (exact) mass is 368 g/mol. The van der Waals surface area contributed by atoms with Crippen molar-refractivity contribution < 1.29 is 10.0 Å². The van der Waals surface area contributed by atoms with E-state index in [1.54, 1.807) is 11.6 Å². The number of aromatic nitrogens is 2. The average molecular weight is 368 g/mol. The maximum absolute atomic E-state index is 11.2. The van der Waals surface area contributed by atoms with Gasteiger partial charge in [-0.1, -0.05) is 25.1 Å². The number of hydrogen-bond acceptors (Lipinski definition) is 4. The van der Waals surface area contributed by atoms with E-state index in [1.165, 1.54) is 24.7 Å². The van der Waals surface area contributed by atoms with Crippen LogP contribution in [0, 0.1) is 13.8 Å². The molecule has 1 aliphatic heterocycles. The summed E-state index contributed by atoms with van der Waals surface area (Å²) in [5.41, 5.74) is 5.80. The quantitative estimate of drug-likeness (QED) is 0.482. The molecule has 6 nitrogen and oxygen atoms in total. The van der Waals surface area contributed by atoms with E-state index in [2.05, 4.69) is 36.3 Å². The number of amides is 1. The van der Waals surface area contributed by atoms with Crippen LogP contribution in [0.3, 0.4) is 0 Å². The van der Waals surface area contributed by atoms with Gasteiger partial charge in [0.2, 0.25) is 0 Å². The number of piperidine rings is 1. The van der Waals surface area contributed by atoms with Crippen molar-refractivity contribution in [3.05, 3.63) is 47.3 Å². The van der Waals surface area contributed by atoms with Crippen LogP contribution < -0.4 is 5.48 Å². The van der Waals surface area contributed by atoms with Gasteiger partial charge in [0.1, 0.15) is 5.82 Å². The third-order valence-corrected chi connectivity index (χ3v) is 5.36. The molecule has 1 atom stereocenters. The van der Waals surface area contributed by atoms with Gasteiger partial charge in [-0.25, -0.2) is 10.5 Å². The summed E-state index contributed by atoms with van der Waals surface area (Å²) in [6, 6.07) is 8.40. The van der Waals surface area contributed by atoms with Crippen LogP contribution in [0.1, 0.15) is 42.8 Å². The Labute approximate surface area is 160 Å². The zero-order chi connectivity index (χ0) is 19.4. The lowest BCUT2D eigenvalue weighted by Gasteiger charge is -2.34. The van der Waals surface area contributed by atoms with Gasteiger partial charge in [0, 0.05) is 29.9 Å². The predicted molar refractivity (Wildman–Crippen MR) is 106 cm³/mol. The van der Waals surface area contributed by atoms with Crippen molar-refractivity contribution in [2.45, 2.75) is 39.7 Å². The summed E-state index contributed by atoms with van der Waals surface area (Å²) in [7, 11) is 0. The number of nitrogens with zero attached hydrogens (tertiary/aromatic N) is 3. The minimum atomic E-state index is -0.546. The third kappa shape index (κ3) is 4.28. The van der Waals surface area contributed by atoms with E-state index in [1.807, 2.05) is 18.2 Å². The summed E-state index contributed by atoms with van der Waals surface area (Å²) in [4.78, 5) is 18.6. The second kappa shape index (κ2) is 8.50. The van der Waals surface area contributed by atoms with Crippen molar-refractivity contribution in [2.24, 2.45) is 0 Å². The highest BCUT2D eigenvalue weighted by Crippen LogP contribution is 2.31. The lowest BCUT2D eigenvalue weighted by Crippen LogP contribution is -2.36. The number of hydroxylamine groups is 1. The molecule has 27 heavy (non-hydrogen) atoms. The van der Waals surface area contributed by atoms with Crippen LogP contribution in [-0.2, 0) is 4.79 Å². The lowest BCUT2D eigenvalue weighted by atomic mass is 10.0. The van der Waals surface area contributed by atoms with Gasteiger partial charge < -0.3 is 9.47 Å². The van der Waals surface area contributed by atoms with Crippen LogP contribution in [0.2, 0.25) is 0 Å². The summed E-state index contributed by atoms with van der Waals surface area (Å²) in [6.07, 6.45) is 5.36. The summed E-state index contributed by atoms with van der Waals surface area (Å²) < 4.78 is 2.39. The first-order valence-electron chi connectivity index (χ1n) is 9.53. The van der Waals surface area contributed by atoms with E-state index >= 15 is 0 Å². The minimum Gasteiger partial charge on any atom is -0.324 e. The molecule has 1 fully saturated rings. The van der Waals surface area contributed by atoms with Gasteiger partial charge >= 0.3 is 0 Å². The van der Waals surface area contributed by atoms with Gasteiger partial charge in [-0.15, -0.1) is 0 Å². The topological polar surface area (TPSA) is 70.4 Å². The van der Waals surface area contributed by atoms with Gasteiger partial charge in [0.25, 0.3) is 5.91 Å². The highest BCUT2D eigenvalue weighted by Gasteiger charge is 2.25. The molecule has 0 spiro atoms. The first kappa shape index (κ1) is 19.3. The largest absolute Gasteiger partial charge is 0.324 e. The maximum Gasteiger partial charge on any atom is 0.267 e. The van der Waals surface area contributed by atoms with Crippen molar-refractivity contribution in [2.75, 3.05) is 19.6 Å². The fourth-order valence-corrected chi connectivity index (χ4v) is 3.80. The van der Waals surface area contributed by atoms with Crippen molar-refractivity contribution >= 4 is 12.0 Å². The Bertz CT molecular complexity index is 841. The molecule has 144 valence electrons. The fraction of sp³-hybridized carbons (Fsp3) is 0.429. The zero-order valence-electron chi connectivity index (χ0n) is 16.3. The number of aryl methyl sites for hydroxylation is 1. The maximum atomic E-state index is 11.2. The van der Waals surface area contributed by atoms with E-state index in [4.69, 9.17) is 10.2 Å². The molecule has 3 rings (SSSR count). The lowest BCUT2D eigenvalue weighted by molar-refractivity contribution is -0.124. The van der Waals surface area contributed by atoms with Crippen molar-refractivity contribution in [1.29, 1.82) is 0 Å². The average Bonchev–Trinajstić information content (AvgIpc) is 3.01. The smallest absolute Gasteiger partial charge is 0.267 e. The summed E-state index contributed by atoms with van der Waals surface area (Å²) in [5, 5.41) is 8.63. The standard InChI is InChI=1S/C21H28N4O2/c1-4-24-12-6-9-19(14-24)25-16(3)15(2)22-21(25)18-8-5-7-17(13-18)10-11-20(26)23-27/h5,7-8,10-11,13,19,27H,4,6,9,12,14H2,1-3H3,(H,23,26)/t19-/m1/s1. The molecule has 1 aromatic carbocycles. The van der Waals surface area contributed by atoms with Crippen LogP contribution in [0.5, 0.6) is 0 Å². The number of carbonyl (C=O) groups excluding carboxylic acids is 1. The fourth-order valence-electron chi connectivity index (χ4n) is 3.80. The van der Waals surface area contributed by atoms with E-state index in [9.17, 15) is 4.79 Å². The van der Waals surface area contributed by atoms with Crippen LogP contribution in [0.15, 0.2) is 30.3 Å². The molecular weight excluding hydrogens is 340 g/mol. The number of hydrogen-bond donors (Lipinski definition) is 2. The Kier molecular flexibility index (Phi) is 6.08. The van der Waals surface area contributed by atoms with Gasteiger partial charge in [0.05, 0.1) is 5.69 Å². The van der Waals surface area contributed by atoms with E-state index in [0.717, 1.165) is 42.2 Å². The highest BCUT2D eigenvalue weighted by atomic mass is 16.5. The molecule has 0 saturated carbocycles. The Hall–Kier alpha value is -2.44. The Morgan fingerprint density at radius 2 is 2.22 bits per heavy atom. The Morgan fingerprint density at radius 1 is 1.41 bits per heavy atom. The molecular formula is C21H28N4O2. The van der Waals surface area contributed by atoms with E-state index in [-0.39, 0.29) is 0 Å². The van der Waals surface area contributed by atoms with Crippen LogP contribution in [0.25, 0.3) is 17.5 Å². The number of likely N-dealkylation sites (N-methyl/N-ethyl adjacent to an activating group) is 1. The highest BCUT2D eigenvalue weighted by molar-refractivity contribution is 5.91. The molecule has 0 aliphatic carbocycles. The van der Waals surface area contributed by atoms with Gasteiger partial charge in [-0.3, -0.25) is 10.0 Å². The molecule has 0 bridgehead atoms. The number of nitrogens with one attached hydrogen (secondary N) is 1. The van der Waals surface area contributed by atoms with Crippen molar-refractivity contribution in [1.82, 2.24) is 19.9 Å². The summed E-state index contributed by atoms with van der Waals surface area (Å²) >= 11 is 0. The van der Waals surface area contributed by atoms with Crippen LogP contribution in [0.4, 0.5) is 0 Å². The summed E-state index contributed by atoms with van der Waals surface area (Å²) in [5.74, 6) is 0.435. The zero-order valence-corrected chi connectivity index (χ0v) is 16.3. The number of imidazole rings is 1. The molecule has 2 N–H and O–H groups in total. The van der Waals surface area contributed by atoms with Crippen molar-refractivity contribution in [3.63, 3.8) is 0 Å². The van der Waals surface area contributed by atoms with Crippen LogP contribution in [-0.4, -0.2) is 45.2 Å². The number of benzene rings is 1. The second-order valence-electron chi connectivity index (χ2n) is 7.10. The number of carbonyl (C=O) groups is 1. The van der Waals surface area contributed by atoms with E-state index in [0.29, 0.717) is 6.04 Å². The second-order valence-corrected chi connectivity index (χ2v) is 7.10. The van der Waals surface area contributed by atoms with E-state index < -0.39 is 5.91 Å². The number of rotatable bonds is 5. The van der Waals surface area contributed by atoms with Gasteiger partial charge in [-0.05, 0) is 57.5 Å². The molecule has 6 heteroatoms. The normalized spacial score (nSPS) is 18.1. The van der Waals surface area contributed by atoms with Crippen molar-refractivity contribution in [3.8, 4) is 11.4 Å². The first-order chi connectivity index (χ1) is 13.0. The Morgan fingerprint density at radius 3 is 2.96 bits per heavy atom. The molecule has 1 amide bonds. The molecule has 2 aromatic rings. The first-order valence-corrected chi connectivity index (χ1v) is 9.53.